The lowest BCUT2D eigenvalue weighted by Gasteiger charge is -2.34. The molecule has 1 aromatic heterocycles. The molecule has 0 spiro atoms. The van der Waals surface area contributed by atoms with Crippen molar-refractivity contribution in [3.05, 3.63) is 24.5 Å². The fourth-order valence-electron chi connectivity index (χ4n) is 2.34. The smallest absolute Gasteiger partial charge is 0.321 e. The van der Waals surface area contributed by atoms with Crippen molar-refractivity contribution in [2.45, 2.75) is 13.3 Å². The van der Waals surface area contributed by atoms with Crippen LogP contribution < -0.4 is 5.32 Å². The number of hydrogen-bond donors (Lipinski definition) is 2. The number of hydrogen-bond acceptors (Lipinski definition) is 3. The zero-order valence-corrected chi connectivity index (χ0v) is 10.7. The minimum absolute atomic E-state index is 0.189. The van der Waals surface area contributed by atoms with Crippen LogP contribution in [0, 0.1) is 11.8 Å². The SMILES string of the molecule is CC1CC(C(=O)O)CN(C(=O)Nc2cccnc2)C1. The van der Waals surface area contributed by atoms with E-state index in [9.17, 15) is 9.59 Å². The number of anilines is 1. The average molecular weight is 263 g/mol. The van der Waals surface area contributed by atoms with Crippen molar-refractivity contribution in [3.8, 4) is 0 Å². The summed E-state index contributed by atoms with van der Waals surface area (Å²) in [4.78, 5) is 28.6. The summed E-state index contributed by atoms with van der Waals surface area (Å²) in [6.45, 7) is 2.79. The first-order chi connectivity index (χ1) is 9.06. The molecule has 2 unspecified atom stereocenters. The van der Waals surface area contributed by atoms with Gasteiger partial charge < -0.3 is 15.3 Å². The average Bonchev–Trinajstić information content (AvgIpc) is 2.39. The van der Waals surface area contributed by atoms with Crippen LogP contribution in [0.5, 0.6) is 0 Å². The number of carboxylic acid groups (broad SMARTS) is 1. The summed E-state index contributed by atoms with van der Waals surface area (Å²) in [5.41, 5.74) is 0.609. The summed E-state index contributed by atoms with van der Waals surface area (Å²) in [6, 6.07) is 3.20. The third kappa shape index (κ3) is 3.43. The number of carboxylic acids is 1. The quantitative estimate of drug-likeness (QED) is 0.850. The maximum absolute atomic E-state index is 12.1. The van der Waals surface area contributed by atoms with Gasteiger partial charge in [0.2, 0.25) is 0 Å². The molecule has 0 aliphatic carbocycles. The topological polar surface area (TPSA) is 82.5 Å². The van der Waals surface area contributed by atoms with Crippen LogP contribution in [0.3, 0.4) is 0 Å². The van der Waals surface area contributed by atoms with Crippen LogP contribution in [0.15, 0.2) is 24.5 Å². The molecular weight excluding hydrogens is 246 g/mol. The normalized spacial score (nSPS) is 22.9. The van der Waals surface area contributed by atoms with Gasteiger partial charge in [-0.25, -0.2) is 4.79 Å². The molecule has 2 amide bonds. The van der Waals surface area contributed by atoms with Gasteiger partial charge in [0.05, 0.1) is 17.8 Å². The Morgan fingerprint density at radius 3 is 2.89 bits per heavy atom. The van der Waals surface area contributed by atoms with E-state index in [4.69, 9.17) is 5.11 Å². The molecule has 1 aromatic rings. The number of rotatable bonds is 2. The zero-order chi connectivity index (χ0) is 13.8. The van der Waals surface area contributed by atoms with Crippen LogP contribution >= 0.6 is 0 Å². The monoisotopic (exact) mass is 263 g/mol. The number of urea groups is 1. The molecule has 2 atom stereocenters. The van der Waals surface area contributed by atoms with E-state index in [1.165, 1.54) is 0 Å². The highest BCUT2D eigenvalue weighted by Gasteiger charge is 2.31. The van der Waals surface area contributed by atoms with Gasteiger partial charge in [0.15, 0.2) is 0 Å². The van der Waals surface area contributed by atoms with Crippen molar-refractivity contribution in [2.24, 2.45) is 11.8 Å². The van der Waals surface area contributed by atoms with Crippen molar-refractivity contribution in [3.63, 3.8) is 0 Å². The van der Waals surface area contributed by atoms with E-state index < -0.39 is 11.9 Å². The van der Waals surface area contributed by atoms with E-state index >= 15 is 0 Å². The number of piperidine rings is 1. The van der Waals surface area contributed by atoms with Gasteiger partial charge in [-0.3, -0.25) is 9.78 Å². The Balaban J connectivity index is 2.00. The number of likely N-dealkylation sites (tertiary alicyclic amines) is 1. The maximum Gasteiger partial charge on any atom is 0.321 e. The number of carbonyl (C=O) groups is 2. The summed E-state index contributed by atoms with van der Waals surface area (Å²) < 4.78 is 0. The first-order valence-electron chi connectivity index (χ1n) is 6.25. The molecule has 0 aromatic carbocycles. The van der Waals surface area contributed by atoms with E-state index in [1.807, 2.05) is 6.92 Å². The number of nitrogens with one attached hydrogen (secondary N) is 1. The highest BCUT2D eigenvalue weighted by atomic mass is 16.4. The molecule has 1 saturated heterocycles. The molecule has 6 nitrogen and oxygen atoms in total. The second-order valence-electron chi connectivity index (χ2n) is 4.95. The Morgan fingerprint density at radius 1 is 1.47 bits per heavy atom. The summed E-state index contributed by atoms with van der Waals surface area (Å²) in [6.07, 6.45) is 3.80. The predicted octanol–water partition coefficient (Wildman–Crippen LogP) is 1.66. The second kappa shape index (κ2) is 5.69. The molecule has 1 aliphatic rings. The standard InChI is InChI=1S/C13H17N3O3/c1-9-5-10(12(17)18)8-16(7-9)13(19)15-11-3-2-4-14-6-11/h2-4,6,9-10H,5,7-8H2,1H3,(H,15,19)(H,17,18). The molecule has 6 heteroatoms. The predicted molar refractivity (Wildman–Crippen MR) is 69.7 cm³/mol. The first-order valence-corrected chi connectivity index (χ1v) is 6.25. The summed E-state index contributed by atoms with van der Waals surface area (Å²) >= 11 is 0. The largest absolute Gasteiger partial charge is 0.481 e. The Labute approximate surface area is 111 Å². The highest BCUT2D eigenvalue weighted by Crippen LogP contribution is 2.22. The first kappa shape index (κ1) is 13.3. The molecule has 2 N–H and O–H groups in total. The second-order valence-corrected chi connectivity index (χ2v) is 4.95. The van der Waals surface area contributed by atoms with Crippen LogP contribution in [-0.2, 0) is 4.79 Å². The number of nitrogens with zero attached hydrogens (tertiary/aromatic N) is 2. The molecular formula is C13H17N3O3. The third-order valence-electron chi connectivity index (χ3n) is 3.21. The minimum atomic E-state index is -0.842. The highest BCUT2D eigenvalue weighted by molar-refractivity contribution is 5.89. The Bertz CT molecular complexity index is 463. The molecule has 0 bridgehead atoms. The van der Waals surface area contributed by atoms with Gasteiger partial charge in [-0.05, 0) is 24.5 Å². The lowest BCUT2D eigenvalue weighted by atomic mass is 9.91. The number of amides is 2. The molecule has 1 fully saturated rings. The molecule has 0 radical (unpaired) electrons. The summed E-state index contributed by atoms with van der Waals surface area (Å²) in [5.74, 6) is -1.14. The van der Waals surface area contributed by atoms with Gasteiger partial charge in [-0.2, -0.15) is 0 Å². The van der Waals surface area contributed by atoms with E-state index in [0.29, 0.717) is 18.7 Å². The zero-order valence-electron chi connectivity index (χ0n) is 10.7. The fourth-order valence-corrected chi connectivity index (χ4v) is 2.34. The van der Waals surface area contributed by atoms with Gasteiger partial charge in [-0.1, -0.05) is 6.92 Å². The van der Waals surface area contributed by atoms with E-state index in [-0.39, 0.29) is 18.5 Å². The van der Waals surface area contributed by atoms with Crippen LogP contribution in [0.4, 0.5) is 10.5 Å². The molecule has 19 heavy (non-hydrogen) atoms. The van der Waals surface area contributed by atoms with Crippen LogP contribution in [0.1, 0.15) is 13.3 Å². The molecule has 102 valence electrons. The Hall–Kier alpha value is -2.11. The van der Waals surface area contributed by atoms with Crippen LogP contribution in [-0.4, -0.2) is 40.1 Å². The summed E-state index contributed by atoms with van der Waals surface area (Å²) in [7, 11) is 0. The lowest BCUT2D eigenvalue weighted by Crippen LogP contribution is -2.47. The van der Waals surface area contributed by atoms with Gasteiger partial charge in [0, 0.05) is 19.3 Å². The third-order valence-corrected chi connectivity index (χ3v) is 3.21. The number of pyridine rings is 1. The van der Waals surface area contributed by atoms with E-state index in [2.05, 4.69) is 10.3 Å². The molecule has 2 heterocycles. The van der Waals surface area contributed by atoms with Crippen molar-refractivity contribution in [1.82, 2.24) is 9.88 Å². The Kier molecular flexibility index (Phi) is 3.99. The molecule has 1 aliphatic heterocycles. The summed E-state index contributed by atoms with van der Waals surface area (Å²) in [5, 5.41) is 11.8. The van der Waals surface area contributed by atoms with Gasteiger partial charge >= 0.3 is 12.0 Å². The van der Waals surface area contributed by atoms with Crippen molar-refractivity contribution in [1.29, 1.82) is 0 Å². The number of carbonyl (C=O) groups excluding carboxylic acids is 1. The van der Waals surface area contributed by atoms with E-state index in [1.54, 1.807) is 29.4 Å². The van der Waals surface area contributed by atoms with Gasteiger partial charge in [0.25, 0.3) is 0 Å². The lowest BCUT2D eigenvalue weighted by molar-refractivity contribution is -0.143. The van der Waals surface area contributed by atoms with Gasteiger partial charge in [-0.15, -0.1) is 0 Å². The Morgan fingerprint density at radius 2 is 2.26 bits per heavy atom. The minimum Gasteiger partial charge on any atom is -0.481 e. The fraction of sp³-hybridized carbons (Fsp3) is 0.462. The van der Waals surface area contributed by atoms with Gasteiger partial charge in [0.1, 0.15) is 0 Å². The van der Waals surface area contributed by atoms with Crippen molar-refractivity contribution in [2.75, 3.05) is 18.4 Å². The maximum atomic E-state index is 12.1. The number of aliphatic carboxylic acids is 1. The van der Waals surface area contributed by atoms with Crippen molar-refractivity contribution < 1.29 is 14.7 Å². The molecule has 0 saturated carbocycles. The number of aromatic nitrogens is 1. The van der Waals surface area contributed by atoms with Crippen LogP contribution in [0.2, 0.25) is 0 Å². The van der Waals surface area contributed by atoms with Crippen molar-refractivity contribution >= 4 is 17.7 Å². The molecule has 2 rings (SSSR count). The van der Waals surface area contributed by atoms with Crippen LogP contribution in [0.25, 0.3) is 0 Å². The van der Waals surface area contributed by atoms with E-state index in [0.717, 1.165) is 0 Å².